The number of hydrogen-bond acceptors (Lipinski definition) is 5. The van der Waals surface area contributed by atoms with Gasteiger partial charge in [0.2, 0.25) is 0 Å². The molecule has 32 heavy (non-hydrogen) atoms. The second kappa shape index (κ2) is 19.2. The second-order valence-electron chi connectivity index (χ2n) is 6.16. The van der Waals surface area contributed by atoms with E-state index in [-0.39, 0.29) is 46.6 Å². The first-order valence-electron chi connectivity index (χ1n) is 9.01. The van der Waals surface area contributed by atoms with Crippen molar-refractivity contribution in [3.63, 3.8) is 0 Å². The normalized spacial score (nSPS) is 11.3. The molecule has 0 aliphatic carbocycles. The number of carbonyl (C=O) groups excluding carboxylic acids is 1. The quantitative estimate of drug-likeness (QED) is 0.207. The van der Waals surface area contributed by atoms with Gasteiger partial charge in [-0.25, -0.2) is 15.3 Å². The summed E-state index contributed by atoms with van der Waals surface area (Å²) in [5, 5.41) is 21.4. The molecule has 3 rings (SSSR count). The van der Waals surface area contributed by atoms with E-state index in [0.29, 0.717) is 0 Å². The van der Waals surface area contributed by atoms with Crippen molar-refractivity contribution >= 4 is 13.4 Å². The Kier molecular flexibility index (Phi) is 19.0. The van der Waals surface area contributed by atoms with E-state index in [1.807, 2.05) is 57.1 Å². The topological polar surface area (TPSA) is 131 Å². The van der Waals surface area contributed by atoms with Crippen molar-refractivity contribution in [3.05, 3.63) is 87.9 Å². The van der Waals surface area contributed by atoms with Gasteiger partial charge in [-0.3, -0.25) is 0 Å². The van der Waals surface area contributed by atoms with Crippen LogP contribution in [0, 0.1) is 44.4 Å². The van der Waals surface area contributed by atoms with Gasteiger partial charge in [0.1, 0.15) is 6.29 Å². The smallest absolute Gasteiger partial charge is 0.425 e. The monoisotopic (exact) mass is 521 g/mol. The van der Waals surface area contributed by atoms with E-state index in [1.54, 1.807) is 32.4 Å². The van der Waals surface area contributed by atoms with Crippen LogP contribution in [-0.2, 0) is 35.2 Å². The number of rotatable bonds is 8. The van der Waals surface area contributed by atoms with Gasteiger partial charge in [0.15, 0.2) is 0 Å². The number of carbonyl (C=O) groups is 1. The van der Waals surface area contributed by atoms with Gasteiger partial charge < -0.3 is 23.7 Å². The number of nitrogens with zero attached hydrogens (tertiary/aromatic N) is 6. The number of aliphatic hydroxyl groups excluding tert-OH is 1. The Bertz CT molecular complexity index is 751. The molecule has 2 unspecified atom stereocenters. The van der Waals surface area contributed by atoms with Crippen LogP contribution in [0.2, 0.25) is 0 Å². The number of aldehydes is 1. The van der Waals surface area contributed by atoms with Crippen LogP contribution in [0.4, 0.5) is 0 Å². The molecule has 166 valence electrons. The number of hydrogen-bond donors (Lipinski definition) is 1. The molecule has 1 N–H and O–H groups in total. The van der Waals surface area contributed by atoms with Gasteiger partial charge in [-0.05, 0) is 62.0 Å². The van der Waals surface area contributed by atoms with E-state index in [4.69, 9.17) is 14.4 Å². The summed E-state index contributed by atoms with van der Waals surface area (Å²) in [5.41, 5.74) is 0. The van der Waals surface area contributed by atoms with Gasteiger partial charge in [0.25, 0.3) is 7.12 Å². The van der Waals surface area contributed by atoms with Crippen molar-refractivity contribution in [2.24, 2.45) is 11.8 Å². The molecule has 4 radical (unpaired) electrons. The van der Waals surface area contributed by atoms with E-state index in [0.717, 1.165) is 12.2 Å². The zero-order chi connectivity index (χ0) is 23.6. The molecule has 3 aromatic rings. The van der Waals surface area contributed by atoms with E-state index in [2.05, 4.69) is 35.5 Å². The molecule has 0 aromatic carbocycles. The molecule has 0 aliphatic heterocycles. The largest absolute Gasteiger partial charge is 2.00 e. The predicted octanol–water partition coefficient (Wildman–Crippen LogP) is 1.19. The fourth-order valence-corrected chi connectivity index (χ4v) is 2.52. The Morgan fingerprint density at radius 3 is 1.62 bits per heavy atom. The fourth-order valence-electron chi connectivity index (χ4n) is 2.52. The van der Waals surface area contributed by atoms with Crippen LogP contribution in [0.15, 0.2) is 55.4 Å². The summed E-state index contributed by atoms with van der Waals surface area (Å²) in [4.78, 5) is 10.3. The minimum Gasteiger partial charge on any atom is -0.425 e. The molecule has 3 aromatic heterocycles. The van der Waals surface area contributed by atoms with Gasteiger partial charge in [0.05, 0.1) is 6.61 Å². The predicted molar refractivity (Wildman–Crippen MR) is 111 cm³/mol. The summed E-state index contributed by atoms with van der Waals surface area (Å²) in [5.74, 6) is 0.722. The van der Waals surface area contributed by atoms with Gasteiger partial charge in [-0.1, -0.05) is 13.8 Å². The molecule has 0 bridgehead atoms. The second-order valence-corrected chi connectivity index (χ2v) is 6.16. The van der Waals surface area contributed by atoms with Crippen LogP contribution in [0.25, 0.3) is 0 Å². The first-order chi connectivity index (χ1) is 15.1. The summed E-state index contributed by atoms with van der Waals surface area (Å²) < 4.78 is 20.4. The maximum atomic E-state index is 10.3. The molecule has 0 aliphatic rings. The van der Waals surface area contributed by atoms with Gasteiger partial charge in [0, 0.05) is 24.5 Å². The van der Waals surface area contributed by atoms with E-state index >= 15 is 0 Å². The van der Waals surface area contributed by atoms with Crippen molar-refractivity contribution in [2.45, 2.75) is 13.8 Å². The molecule has 0 saturated carbocycles. The summed E-state index contributed by atoms with van der Waals surface area (Å²) >= 11 is 0. The Morgan fingerprint density at radius 2 is 1.41 bits per heavy atom. The summed E-state index contributed by atoms with van der Waals surface area (Å²) in [7, 11) is -0.194. The molecule has 12 heteroatoms. The molecular formula is C20H24BMoN6O4+. The van der Waals surface area contributed by atoms with E-state index in [9.17, 15) is 4.79 Å². The summed E-state index contributed by atoms with van der Waals surface area (Å²) in [6, 6.07) is 5.62. The van der Waals surface area contributed by atoms with Crippen molar-refractivity contribution in [3.8, 4) is 0 Å². The molecule has 0 saturated heterocycles. The summed E-state index contributed by atoms with van der Waals surface area (Å²) in [6.07, 6.45) is 13.5. The minimum absolute atomic E-state index is 0. The first-order valence-corrected chi connectivity index (χ1v) is 9.01. The third kappa shape index (κ3) is 10.7. The van der Waals surface area contributed by atoms with Crippen molar-refractivity contribution in [1.82, 2.24) is 29.1 Å². The number of aliphatic hydroxyl groups is 1. The Balaban J connectivity index is 0. The summed E-state index contributed by atoms with van der Waals surface area (Å²) in [6.45, 7) is 16.4. The van der Waals surface area contributed by atoms with Crippen LogP contribution < -0.4 is 0 Å². The SMILES string of the molecule is [C-]#[O+].[C-]#[O+].[CH2][C](C)[CH]C(C)C(C=O)CO.[Mo+2].c1cnn([B-](n2cccn2)n2cccn2)c1. The molecule has 2 atom stereocenters. The van der Waals surface area contributed by atoms with E-state index in [1.165, 1.54) is 0 Å². The van der Waals surface area contributed by atoms with Crippen molar-refractivity contribution in [1.29, 1.82) is 0 Å². The van der Waals surface area contributed by atoms with Gasteiger partial charge >= 0.3 is 43.7 Å². The van der Waals surface area contributed by atoms with Crippen LogP contribution in [0.5, 0.6) is 0 Å². The standard InChI is InChI=1S/C9H9BN6.C9H15O2.2CO.Mo/c1-4-11-14(7-1)10(15-8-2-5-12-15)16-9-3-6-13-16;1-7(2)4-8(3)9(5-10)6-11;2*1-2;/h1-9H;4-5,8-9,11H,1,6H2,2-3H3;;;/q-1;;;;+2. The Labute approximate surface area is 202 Å². The van der Waals surface area contributed by atoms with Crippen molar-refractivity contribution < 1.29 is 40.3 Å². The Hall–Kier alpha value is -2.51. The van der Waals surface area contributed by atoms with E-state index < -0.39 is 0 Å². The van der Waals surface area contributed by atoms with Crippen LogP contribution in [-0.4, -0.2) is 54.2 Å². The molecular weight excluding hydrogens is 495 g/mol. The van der Waals surface area contributed by atoms with Crippen LogP contribution >= 0.6 is 0 Å². The molecule has 0 fully saturated rings. The van der Waals surface area contributed by atoms with Crippen LogP contribution in [0.3, 0.4) is 0 Å². The molecule has 3 heterocycles. The third-order valence-corrected chi connectivity index (χ3v) is 3.89. The fraction of sp³-hybridized carbons (Fsp3) is 0.250. The first kappa shape index (κ1) is 31.7. The van der Waals surface area contributed by atoms with Crippen molar-refractivity contribution in [2.75, 3.05) is 6.61 Å². The van der Waals surface area contributed by atoms with Crippen LogP contribution in [0.1, 0.15) is 13.8 Å². The average molecular weight is 519 g/mol. The molecule has 0 spiro atoms. The third-order valence-electron chi connectivity index (χ3n) is 3.89. The maximum absolute atomic E-state index is 10.3. The Morgan fingerprint density at radius 1 is 1.03 bits per heavy atom. The zero-order valence-corrected chi connectivity index (χ0v) is 19.8. The molecule has 10 nitrogen and oxygen atoms in total. The zero-order valence-electron chi connectivity index (χ0n) is 17.8. The molecule has 0 amide bonds. The number of aromatic nitrogens is 6. The minimum atomic E-state index is -0.285. The van der Waals surface area contributed by atoms with Gasteiger partial charge in [-0.2, -0.15) is 0 Å². The maximum Gasteiger partial charge on any atom is 2.00 e. The average Bonchev–Trinajstić information content (AvgIpc) is 3.57. The van der Waals surface area contributed by atoms with Gasteiger partial charge in [-0.15, -0.1) is 0 Å².